The number of benzene rings is 1. The van der Waals surface area contributed by atoms with Crippen molar-refractivity contribution < 1.29 is 18.8 Å². The standard InChI is InChI=1S/C29H28N4O4/c1-17-26(18(2)37-32-17)21-13-25-27(31-15-21)22-16-30-23(29(34)35-3)14-24(22)33(25)28(19-7-5-4-6-8-19)20-9-11-36-12-10-20/h4-8,13-16,20,28H,9-12H2,1-3H3. The fraction of sp³-hybridized carbons (Fsp3) is 0.310. The summed E-state index contributed by atoms with van der Waals surface area (Å²) in [5, 5.41) is 5.04. The summed E-state index contributed by atoms with van der Waals surface area (Å²) >= 11 is 0. The van der Waals surface area contributed by atoms with E-state index in [9.17, 15) is 4.79 Å². The Morgan fingerprint density at radius 1 is 1.05 bits per heavy atom. The molecule has 1 aliphatic rings. The van der Waals surface area contributed by atoms with Crippen LogP contribution in [0.25, 0.3) is 33.1 Å². The van der Waals surface area contributed by atoms with E-state index < -0.39 is 5.97 Å². The summed E-state index contributed by atoms with van der Waals surface area (Å²) in [6.45, 7) is 5.30. The van der Waals surface area contributed by atoms with Gasteiger partial charge in [0.2, 0.25) is 0 Å². The molecule has 0 N–H and O–H groups in total. The lowest BCUT2D eigenvalue weighted by Gasteiger charge is -2.33. The average Bonchev–Trinajstić information content (AvgIpc) is 3.45. The van der Waals surface area contributed by atoms with Crippen molar-refractivity contribution in [1.82, 2.24) is 19.7 Å². The number of carbonyl (C=O) groups is 1. The Morgan fingerprint density at radius 3 is 2.54 bits per heavy atom. The first kappa shape index (κ1) is 23.4. The van der Waals surface area contributed by atoms with E-state index in [1.165, 1.54) is 12.7 Å². The molecule has 6 rings (SSSR count). The zero-order chi connectivity index (χ0) is 25.5. The van der Waals surface area contributed by atoms with Crippen molar-refractivity contribution in [3.05, 3.63) is 77.6 Å². The second-order valence-corrected chi connectivity index (χ2v) is 9.54. The van der Waals surface area contributed by atoms with Crippen molar-refractivity contribution in [3.63, 3.8) is 0 Å². The van der Waals surface area contributed by atoms with E-state index in [2.05, 4.69) is 45.0 Å². The Labute approximate surface area is 214 Å². The van der Waals surface area contributed by atoms with Crippen molar-refractivity contribution in [1.29, 1.82) is 0 Å². The number of nitrogens with zero attached hydrogens (tertiary/aromatic N) is 4. The molecule has 4 aromatic heterocycles. The van der Waals surface area contributed by atoms with Crippen LogP contribution in [-0.4, -0.2) is 46.0 Å². The number of esters is 1. The molecule has 0 radical (unpaired) electrons. The molecule has 188 valence electrons. The van der Waals surface area contributed by atoms with Crippen LogP contribution in [0.2, 0.25) is 0 Å². The van der Waals surface area contributed by atoms with Crippen molar-refractivity contribution in [3.8, 4) is 11.1 Å². The lowest BCUT2D eigenvalue weighted by atomic mass is 9.86. The summed E-state index contributed by atoms with van der Waals surface area (Å²) in [7, 11) is 1.37. The maximum absolute atomic E-state index is 12.5. The number of ether oxygens (including phenoxy) is 2. The molecule has 0 spiro atoms. The highest BCUT2D eigenvalue weighted by Gasteiger charge is 2.31. The van der Waals surface area contributed by atoms with Crippen LogP contribution in [0.3, 0.4) is 0 Å². The molecule has 1 aromatic carbocycles. The maximum Gasteiger partial charge on any atom is 0.356 e. The van der Waals surface area contributed by atoms with E-state index in [0.29, 0.717) is 5.92 Å². The van der Waals surface area contributed by atoms with Crippen LogP contribution in [0.15, 0.2) is 59.4 Å². The summed E-state index contributed by atoms with van der Waals surface area (Å²) in [6, 6.07) is 14.5. The summed E-state index contributed by atoms with van der Waals surface area (Å²) in [5.41, 5.74) is 6.87. The van der Waals surface area contributed by atoms with Gasteiger partial charge in [-0.1, -0.05) is 35.5 Å². The van der Waals surface area contributed by atoms with E-state index in [0.717, 1.165) is 70.6 Å². The van der Waals surface area contributed by atoms with Crippen molar-refractivity contribution in [2.45, 2.75) is 32.7 Å². The SMILES string of the molecule is COC(=O)c1cc2c(cn1)c1ncc(-c3c(C)noc3C)cc1n2C(c1ccccc1)C1CCOCC1. The molecule has 1 aliphatic heterocycles. The largest absolute Gasteiger partial charge is 0.464 e. The molecule has 8 nitrogen and oxygen atoms in total. The summed E-state index contributed by atoms with van der Waals surface area (Å²) in [4.78, 5) is 21.8. The molecule has 0 amide bonds. The third kappa shape index (κ3) is 3.97. The summed E-state index contributed by atoms with van der Waals surface area (Å²) in [5.74, 6) is 0.623. The van der Waals surface area contributed by atoms with Crippen LogP contribution < -0.4 is 0 Å². The van der Waals surface area contributed by atoms with E-state index in [-0.39, 0.29) is 11.7 Å². The minimum Gasteiger partial charge on any atom is -0.464 e. The zero-order valence-corrected chi connectivity index (χ0v) is 21.1. The smallest absolute Gasteiger partial charge is 0.356 e. The van der Waals surface area contributed by atoms with Gasteiger partial charge in [0.05, 0.1) is 35.4 Å². The van der Waals surface area contributed by atoms with Gasteiger partial charge >= 0.3 is 5.97 Å². The second kappa shape index (κ2) is 9.44. The Bertz CT molecular complexity index is 1580. The Morgan fingerprint density at radius 2 is 1.84 bits per heavy atom. The molecular formula is C29H28N4O4. The molecule has 0 aliphatic carbocycles. The van der Waals surface area contributed by atoms with E-state index in [1.54, 1.807) is 6.20 Å². The number of aryl methyl sites for hydroxylation is 2. The number of rotatable bonds is 5. The van der Waals surface area contributed by atoms with Crippen LogP contribution in [0.5, 0.6) is 0 Å². The highest BCUT2D eigenvalue weighted by molar-refractivity contribution is 6.08. The van der Waals surface area contributed by atoms with Gasteiger partial charge in [0, 0.05) is 42.1 Å². The molecule has 1 atom stereocenters. The Kier molecular flexibility index (Phi) is 5.96. The van der Waals surface area contributed by atoms with Gasteiger partial charge in [0.25, 0.3) is 0 Å². The fourth-order valence-corrected chi connectivity index (χ4v) is 5.66. The highest BCUT2D eigenvalue weighted by Crippen LogP contribution is 2.41. The van der Waals surface area contributed by atoms with Crippen LogP contribution in [0.1, 0.15) is 46.4 Å². The number of carbonyl (C=O) groups excluding carboxylic acids is 1. The van der Waals surface area contributed by atoms with Crippen molar-refractivity contribution in [2.75, 3.05) is 20.3 Å². The molecule has 5 heterocycles. The molecule has 0 bridgehead atoms. The van der Waals surface area contributed by atoms with Crippen LogP contribution >= 0.6 is 0 Å². The first-order chi connectivity index (χ1) is 18.1. The Hall–Kier alpha value is -4.04. The number of hydrogen-bond acceptors (Lipinski definition) is 7. The predicted octanol–water partition coefficient (Wildman–Crippen LogP) is 5.66. The van der Waals surface area contributed by atoms with Gasteiger partial charge in [-0.15, -0.1) is 0 Å². The maximum atomic E-state index is 12.5. The average molecular weight is 497 g/mol. The third-order valence-electron chi connectivity index (χ3n) is 7.37. The molecule has 5 aromatic rings. The van der Waals surface area contributed by atoms with Gasteiger partial charge in [0.1, 0.15) is 11.5 Å². The normalized spacial score (nSPS) is 15.3. The minimum absolute atomic E-state index is 0.0136. The molecule has 37 heavy (non-hydrogen) atoms. The van der Waals surface area contributed by atoms with Crippen LogP contribution in [0.4, 0.5) is 0 Å². The zero-order valence-electron chi connectivity index (χ0n) is 21.1. The van der Waals surface area contributed by atoms with E-state index in [1.807, 2.05) is 32.2 Å². The second-order valence-electron chi connectivity index (χ2n) is 9.54. The van der Waals surface area contributed by atoms with Crippen LogP contribution in [-0.2, 0) is 9.47 Å². The summed E-state index contributed by atoms with van der Waals surface area (Å²) in [6.07, 6.45) is 5.47. The molecule has 1 unspecified atom stereocenters. The molecule has 8 heteroatoms. The van der Waals surface area contributed by atoms with Gasteiger partial charge in [-0.25, -0.2) is 9.78 Å². The van der Waals surface area contributed by atoms with Crippen molar-refractivity contribution >= 4 is 27.9 Å². The highest BCUT2D eigenvalue weighted by atomic mass is 16.5. The van der Waals surface area contributed by atoms with Crippen molar-refractivity contribution in [2.24, 2.45) is 5.92 Å². The van der Waals surface area contributed by atoms with Crippen LogP contribution in [0, 0.1) is 19.8 Å². The number of methoxy groups -OCH3 is 1. The molecule has 1 saturated heterocycles. The first-order valence-corrected chi connectivity index (χ1v) is 12.5. The predicted molar refractivity (Wildman–Crippen MR) is 139 cm³/mol. The van der Waals surface area contributed by atoms with Gasteiger partial charge in [0.15, 0.2) is 0 Å². The van der Waals surface area contributed by atoms with Gasteiger partial charge in [-0.3, -0.25) is 4.98 Å². The van der Waals surface area contributed by atoms with E-state index >= 15 is 0 Å². The number of hydrogen-bond donors (Lipinski definition) is 0. The number of pyridine rings is 2. The topological polar surface area (TPSA) is 92.3 Å². The quantitative estimate of drug-likeness (QED) is 0.290. The molecule has 0 saturated carbocycles. The summed E-state index contributed by atoms with van der Waals surface area (Å²) < 4.78 is 18.5. The molecular weight excluding hydrogens is 468 g/mol. The van der Waals surface area contributed by atoms with Gasteiger partial charge in [-0.2, -0.15) is 0 Å². The minimum atomic E-state index is -0.467. The van der Waals surface area contributed by atoms with Gasteiger partial charge < -0.3 is 18.6 Å². The monoisotopic (exact) mass is 496 g/mol. The first-order valence-electron chi connectivity index (χ1n) is 12.5. The lowest BCUT2D eigenvalue weighted by molar-refractivity contribution is 0.0553. The fourth-order valence-electron chi connectivity index (χ4n) is 5.66. The van der Waals surface area contributed by atoms with E-state index in [4.69, 9.17) is 19.0 Å². The number of fused-ring (bicyclic) bond motifs is 3. The molecule has 1 fully saturated rings. The third-order valence-corrected chi connectivity index (χ3v) is 7.37. The van der Waals surface area contributed by atoms with Gasteiger partial charge in [-0.05, 0) is 50.3 Å². The number of aromatic nitrogens is 4. The lowest BCUT2D eigenvalue weighted by Crippen LogP contribution is -2.27. The Balaban J connectivity index is 1.68.